The highest BCUT2D eigenvalue weighted by molar-refractivity contribution is 8.00. The van der Waals surface area contributed by atoms with Crippen LogP contribution < -0.4 is 10.6 Å². The maximum absolute atomic E-state index is 12.7. The largest absolute Gasteiger partial charge is 0.391 e. The molecule has 8 heteroatoms. The van der Waals surface area contributed by atoms with Crippen molar-refractivity contribution >= 4 is 34.5 Å². The third kappa shape index (κ3) is 2.47. The van der Waals surface area contributed by atoms with E-state index in [1.54, 1.807) is 6.26 Å². The van der Waals surface area contributed by atoms with Crippen LogP contribution in [0.2, 0.25) is 0 Å². The molecule has 128 valence electrons. The van der Waals surface area contributed by atoms with Crippen molar-refractivity contribution in [1.29, 1.82) is 0 Å². The zero-order valence-electron chi connectivity index (χ0n) is 13.4. The van der Waals surface area contributed by atoms with Crippen molar-refractivity contribution in [2.75, 3.05) is 20.0 Å². The average molecular weight is 349 g/mol. The fourth-order valence-corrected chi connectivity index (χ4v) is 3.62. The lowest BCUT2D eigenvalue weighted by molar-refractivity contribution is -0.168. The third-order valence-corrected chi connectivity index (χ3v) is 5.53. The van der Waals surface area contributed by atoms with Gasteiger partial charge in [0.1, 0.15) is 6.61 Å². The number of hydrogen-bond acceptors (Lipinski definition) is 5. The van der Waals surface area contributed by atoms with Crippen LogP contribution in [-0.2, 0) is 20.7 Å². The van der Waals surface area contributed by atoms with E-state index < -0.39 is 29.0 Å². The van der Waals surface area contributed by atoms with Crippen LogP contribution in [0.15, 0.2) is 30.5 Å². The second-order valence-corrected chi connectivity index (χ2v) is 6.77. The summed E-state index contributed by atoms with van der Waals surface area (Å²) >= 11 is 1.24. The maximum Gasteiger partial charge on any atom is 0.277 e. The van der Waals surface area contributed by atoms with Crippen LogP contribution in [0.3, 0.4) is 0 Å². The number of rotatable bonds is 5. The Bertz CT molecular complexity index is 786. The van der Waals surface area contributed by atoms with Crippen LogP contribution in [0.5, 0.6) is 0 Å². The standard InChI is InChI=1S/C16H19N3O4S/c1-23-15(9-20)13(21)19-16(24-2,14(22)18-15)7-10-8-17-12-6-4-3-5-11(10)12/h3-6,8,17,20H,7,9H2,1-2H3,(H,18,22)(H,19,21)/t15-,16+/m1/s1. The molecule has 0 bridgehead atoms. The van der Waals surface area contributed by atoms with E-state index in [-0.39, 0.29) is 0 Å². The Balaban J connectivity index is 1.95. The second-order valence-electron chi connectivity index (χ2n) is 5.66. The van der Waals surface area contributed by atoms with E-state index in [4.69, 9.17) is 4.74 Å². The Morgan fingerprint density at radius 1 is 1.21 bits per heavy atom. The van der Waals surface area contributed by atoms with Gasteiger partial charge in [-0.1, -0.05) is 18.2 Å². The Morgan fingerprint density at radius 2 is 1.96 bits per heavy atom. The smallest absolute Gasteiger partial charge is 0.277 e. The Morgan fingerprint density at radius 3 is 2.62 bits per heavy atom. The number of ether oxygens (including phenoxy) is 1. The summed E-state index contributed by atoms with van der Waals surface area (Å²) in [7, 11) is 1.27. The lowest BCUT2D eigenvalue weighted by Gasteiger charge is -2.43. The number of hydrogen-bond donors (Lipinski definition) is 4. The van der Waals surface area contributed by atoms with Crippen molar-refractivity contribution in [2.24, 2.45) is 0 Å². The first-order valence-electron chi connectivity index (χ1n) is 7.41. The van der Waals surface area contributed by atoms with Gasteiger partial charge in [0.15, 0.2) is 4.87 Å². The van der Waals surface area contributed by atoms with Crippen LogP contribution in [0, 0.1) is 0 Å². The summed E-state index contributed by atoms with van der Waals surface area (Å²) in [5, 5.41) is 15.7. The quantitative estimate of drug-likeness (QED) is 0.624. The summed E-state index contributed by atoms with van der Waals surface area (Å²) in [5.74, 6) is -0.975. The van der Waals surface area contributed by atoms with Crippen LogP contribution in [0.25, 0.3) is 10.9 Å². The summed E-state index contributed by atoms with van der Waals surface area (Å²) < 4.78 is 5.04. The molecule has 0 unspecified atom stereocenters. The maximum atomic E-state index is 12.7. The van der Waals surface area contributed by atoms with E-state index in [1.807, 2.05) is 30.5 Å². The molecule has 7 nitrogen and oxygen atoms in total. The highest BCUT2D eigenvalue weighted by Gasteiger charge is 2.54. The minimum Gasteiger partial charge on any atom is -0.391 e. The minimum absolute atomic E-state index is 0.307. The molecule has 3 rings (SSSR count). The van der Waals surface area contributed by atoms with Crippen molar-refractivity contribution in [1.82, 2.24) is 15.6 Å². The normalized spacial score (nSPS) is 27.1. The zero-order chi connectivity index (χ0) is 17.4. The Labute approximate surface area is 143 Å². The van der Waals surface area contributed by atoms with Gasteiger partial charge in [0.05, 0.1) is 0 Å². The molecule has 2 aromatic rings. The molecule has 0 spiro atoms. The molecule has 2 heterocycles. The van der Waals surface area contributed by atoms with E-state index in [0.29, 0.717) is 6.42 Å². The van der Waals surface area contributed by atoms with Crippen LogP contribution >= 0.6 is 11.8 Å². The number of nitrogens with one attached hydrogen (secondary N) is 3. The first-order valence-corrected chi connectivity index (χ1v) is 8.64. The summed E-state index contributed by atoms with van der Waals surface area (Å²) in [6.45, 7) is -0.640. The number of carbonyl (C=O) groups excluding carboxylic acids is 2. The lowest BCUT2D eigenvalue weighted by atomic mass is 9.99. The van der Waals surface area contributed by atoms with Gasteiger partial charge in [-0.05, 0) is 17.9 Å². The van der Waals surface area contributed by atoms with Crippen LogP contribution in [-0.4, -0.2) is 52.5 Å². The zero-order valence-corrected chi connectivity index (χ0v) is 14.2. The van der Waals surface area contributed by atoms with Gasteiger partial charge in [-0.2, -0.15) is 0 Å². The number of aromatic nitrogens is 1. The molecule has 0 saturated carbocycles. The molecular formula is C16H19N3O4S. The fourth-order valence-electron chi connectivity index (χ4n) is 2.89. The molecule has 1 aromatic carbocycles. The number of aliphatic hydroxyl groups is 1. The van der Waals surface area contributed by atoms with E-state index in [9.17, 15) is 14.7 Å². The number of thioether (sulfide) groups is 1. The Kier molecular flexibility index (Phi) is 4.29. The Hall–Kier alpha value is -2.03. The molecular weight excluding hydrogens is 330 g/mol. The van der Waals surface area contributed by atoms with Gasteiger partial charge in [-0.25, -0.2) is 0 Å². The minimum atomic E-state index is -1.74. The first-order chi connectivity index (χ1) is 11.5. The predicted molar refractivity (Wildman–Crippen MR) is 91.4 cm³/mol. The average Bonchev–Trinajstić information content (AvgIpc) is 3.01. The molecule has 1 aliphatic rings. The first kappa shape index (κ1) is 16.8. The van der Waals surface area contributed by atoms with Crippen LogP contribution in [0.4, 0.5) is 0 Å². The predicted octanol–water partition coefficient (Wildman–Crippen LogP) is 0.351. The number of aliphatic hydroxyl groups excluding tert-OH is 1. The van der Waals surface area contributed by atoms with E-state index in [1.165, 1.54) is 18.9 Å². The number of fused-ring (bicyclic) bond motifs is 1. The van der Waals surface area contributed by atoms with Gasteiger partial charge < -0.3 is 25.5 Å². The van der Waals surface area contributed by atoms with Gasteiger partial charge in [-0.3, -0.25) is 9.59 Å². The number of methoxy groups -OCH3 is 1. The highest BCUT2D eigenvalue weighted by atomic mass is 32.2. The molecule has 1 saturated heterocycles. The van der Waals surface area contributed by atoms with Crippen molar-refractivity contribution in [2.45, 2.75) is 17.0 Å². The van der Waals surface area contributed by atoms with Gasteiger partial charge in [0, 0.05) is 30.6 Å². The molecule has 0 aliphatic carbocycles. The second kappa shape index (κ2) is 6.12. The SMILES string of the molecule is CO[C@@]1(CO)NC(=O)[C@](Cc2c[nH]c3ccccc23)(SC)NC1=O. The number of para-hydroxylation sites is 1. The molecule has 0 radical (unpaired) electrons. The molecule has 1 aliphatic heterocycles. The number of carbonyl (C=O) groups is 2. The molecule has 24 heavy (non-hydrogen) atoms. The number of aromatic amines is 1. The van der Waals surface area contributed by atoms with E-state index in [2.05, 4.69) is 15.6 Å². The van der Waals surface area contributed by atoms with Gasteiger partial charge in [0.25, 0.3) is 11.8 Å². The van der Waals surface area contributed by atoms with Crippen molar-refractivity contribution in [3.63, 3.8) is 0 Å². The molecule has 2 amide bonds. The summed E-state index contributed by atoms with van der Waals surface area (Å²) in [6, 6.07) is 7.76. The monoisotopic (exact) mass is 349 g/mol. The molecule has 4 N–H and O–H groups in total. The number of amides is 2. The van der Waals surface area contributed by atoms with E-state index >= 15 is 0 Å². The number of H-pyrrole nitrogens is 1. The van der Waals surface area contributed by atoms with Crippen molar-refractivity contribution < 1.29 is 19.4 Å². The summed E-state index contributed by atoms with van der Waals surface area (Å²) in [6.07, 6.45) is 3.90. The molecule has 1 aromatic heterocycles. The van der Waals surface area contributed by atoms with Gasteiger partial charge in [-0.15, -0.1) is 11.8 Å². The van der Waals surface area contributed by atoms with Crippen molar-refractivity contribution in [3.05, 3.63) is 36.0 Å². The van der Waals surface area contributed by atoms with E-state index in [0.717, 1.165) is 16.5 Å². The highest BCUT2D eigenvalue weighted by Crippen LogP contribution is 2.32. The summed E-state index contributed by atoms with van der Waals surface area (Å²) in [4.78, 5) is 27.2. The van der Waals surface area contributed by atoms with Gasteiger partial charge in [0.2, 0.25) is 5.72 Å². The third-order valence-electron chi connectivity index (χ3n) is 4.40. The molecule has 2 atom stereocenters. The number of piperazine rings is 1. The van der Waals surface area contributed by atoms with Crippen LogP contribution in [0.1, 0.15) is 5.56 Å². The topological polar surface area (TPSA) is 103 Å². The molecule has 1 fully saturated rings. The number of benzene rings is 1. The fraction of sp³-hybridized carbons (Fsp3) is 0.375. The summed E-state index contributed by atoms with van der Waals surface area (Å²) in [5.41, 5.74) is 0.147. The van der Waals surface area contributed by atoms with Crippen molar-refractivity contribution in [3.8, 4) is 0 Å². The lowest BCUT2D eigenvalue weighted by Crippen LogP contribution is -2.76. The van der Waals surface area contributed by atoms with Gasteiger partial charge >= 0.3 is 0 Å².